The van der Waals surface area contributed by atoms with Crippen LogP contribution >= 0.6 is 0 Å². The summed E-state index contributed by atoms with van der Waals surface area (Å²) in [4.78, 5) is 0. The molecule has 2 rings (SSSR count). The average Bonchev–Trinajstić information content (AvgIpc) is 2.68. The maximum absolute atomic E-state index is 12.2. The Bertz CT molecular complexity index is 411. The van der Waals surface area contributed by atoms with Crippen LogP contribution in [0, 0.1) is 0 Å². The molecule has 0 saturated carbocycles. The van der Waals surface area contributed by atoms with E-state index in [1.54, 1.807) is 12.1 Å². The van der Waals surface area contributed by atoms with Crippen molar-refractivity contribution in [3.63, 3.8) is 0 Å². The summed E-state index contributed by atoms with van der Waals surface area (Å²) < 4.78 is 24.8. The first-order chi connectivity index (χ1) is 6.77. The van der Waals surface area contributed by atoms with Crippen LogP contribution in [0.15, 0.2) is 36.5 Å². The molecule has 72 valence electrons. The zero-order valence-electron chi connectivity index (χ0n) is 7.14. The minimum atomic E-state index is -2.64. The Hall–Kier alpha value is -1.78. The largest absolute Gasteiger partial charge is 0.334 e. The molecule has 5 heteroatoms. The van der Waals surface area contributed by atoms with Crippen LogP contribution in [-0.4, -0.2) is 15.0 Å². The van der Waals surface area contributed by atoms with Crippen LogP contribution in [0.5, 0.6) is 0 Å². The highest BCUT2D eigenvalue weighted by Crippen LogP contribution is 2.17. The molecule has 0 aliphatic heterocycles. The maximum Gasteiger partial charge on any atom is 0.334 e. The Morgan fingerprint density at radius 2 is 1.86 bits per heavy atom. The second-order valence-corrected chi connectivity index (χ2v) is 2.73. The summed E-state index contributed by atoms with van der Waals surface area (Å²) in [6.07, 6.45) is 1.22. The molecule has 0 fully saturated rings. The summed E-state index contributed by atoms with van der Waals surface area (Å²) in [7, 11) is 0. The maximum atomic E-state index is 12.2. The van der Waals surface area contributed by atoms with Gasteiger partial charge in [0, 0.05) is 5.56 Å². The molecule has 0 atom stereocenters. The van der Waals surface area contributed by atoms with Gasteiger partial charge in [-0.05, 0) is 0 Å². The van der Waals surface area contributed by atoms with E-state index in [-0.39, 0.29) is 0 Å². The molecule has 1 aromatic carbocycles. The molecule has 1 aromatic heterocycles. The minimum absolute atomic E-state index is 0.450. The van der Waals surface area contributed by atoms with Crippen LogP contribution in [-0.2, 0) is 0 Å². The van der Waals surface area contributed by atoms with E-state index in [0.29, 0.717) is 10.4 Å². The SMILES string of the molecule is FC(F)n1cc(-c2ccccc2)nn1. The molecule has 0 radical (unpaired) electrons. The van der Waals surface area contributed by atoms with Crippen LogP contribution in [0.4, 0.5) is 8.78 Å². The van der Waals surface area contributed by atoms with E-state index in [4.69, 9.17) is 0 Å². The van der Waals surface area contributed by atoms with Crippen molar-refractivity contribution >= 4 is 0 Å². The fourth-order valence-electron chi connectivity index (χ4n) is 1.11. The highest BCUT2D eigenvalue weighted by Gasteiger charge is 2.09. The Morgan fingerprint density at radius 3 is 2.43 bits per heavy atom. The van der Waals surface area contributed by atoms with Gasteiger partial charge in [0.2, 0.25) is 0 Å². The number of benzene rings is 1. The van der Waals surface area contributed by atoms with Crippen molar-refractivity contribution in [3.8, 4) is 11.3 Å². The van der Waals surface area contributed by atoms with Crippen molar-refractivity contribution in [2.24, 2.45) is 0 Å². The van der Waals surface area contributed by atoms with E-state index in [9.17, 15) is 8.78 Å². The van der Waals surface area contributed by atoms with Crippen LogP contribution < -0.4 is 0 Å². The van der Waals surface area contributed by atoms with Crippen LogP contribution in [0.25, 0.3) is 11.3 Å². The Morgan fingerprint density at radius 1 is 1.14 bits per heavy atom. The fraction of sp³-hybridized carbons (Fsp3) is 0.111. The van der Waals surface area contributed by atoms with Gasteiger partial charge in [-0.3, -0.25) is 0 Å². The van der Waals surface area contributed by atoms with Gasteiger partial charge >= 0.3 is 6.55 Å². The number of nitrogens with zero attached hydrogens (tertiary/aromatic N) is 3. The standard InChI is InChI=1S/C9H7F2N3/c10-9(11)14-6-8(12-13-14)7-4-2-1-3-5-7/h1-6,9H. The van der Waals surface area contributed by atoms with Crippen LogP contribution in [0.3, 0.4) is 0 Å². The lowest BCUT2D eigenvalue weighted by molar-refractivity contribution is 0.0546. The van der Waals surface area contributed by atoms with Gasteiger partial charge in [0.05, 0.1) is 6.20 Å². The highest BCUT2D eigenvalue weighted by molar-refractivity contribution is 5.57. The lowest BCUT2D eigenvalue weighted by Crippen LogP contribution is -1.97. The summed E-state index contributed by atoms with van der Waals surface area (Å²) in [6, 6.07) is 9.06. The van der Waals surface area contributed by atoms with E-state index in [1.807, 2.05) is 18.2 Å². The fourth-order valence-corrected chi connectivity index (χ4v) is 1.11. The van der Waals surface area contributed by atoms with Crippen molar-refractivity contribution in [1.82, 2.24) is 15.0 Å². The third-order valence-corrected chi connectivity index (χ3v) is 1.78. The van der Waals surface area contributed by atoms with Crippen LogP contribution in [0.1, 0.15) is 6.55 Å². The number of rotatable bonds is 2. The number of hydrogen-bond donors (Lipinski definition) is 0. The Kier molecular flexibility index (Phi) is 2.22. The van der Waals surface area contributed by atoms with Gasteiger partial charge < -0.3 is 0 Å². The Balaban J connectivity index is 2.34. The van der Waals surface area contributed by atoms with Gasteiger partial charge in [0.15, 0.2) is 0 Å². The van der Waals surface area contributed by atoms with Gasteiger partial charge in [-0.15, -0.1) is 5.10 Å². The number of alkyl halides is 2. The van der Waals surface area contributed by atoms with E-state index < -0.39 is 6.55 Å². The van der Waals surface area contributed by atoms with Crippen molar-refractivity contribution < 1.29 is 8.78 Å². The average molecular weight is 195 g/mol. The van der Waals surface area contributed by atoms with Gasteiger partial charge in [0.1, 0.15) is 5.69 Å². The second kappa shape index (κ2) is 3.53. The normalized spacial score (nSPS) is 10.8. The highest BCUT2D eigenvalue weighted by atomic mass is 19.3. The molecule has 2 aromatic rings. The first kappa shape index (κ1) is 8.80. The van der Waals surface area contributed by atoms with Crippen molar-refractivity contribution in [2.75, 3.05) is 0 Å². The Labute approximate surface area is 79.0 Å². The van der Waals surface area contributed by atoms with Crippen LogP contribution in [0.2, 0.25) is 0 Å². The first-order valence-corrected chi connectivity index (χ1v) is 4.03. The second-order valence-electron chi connectivity index (χ2n) is 2.73. The molecule has 0 bridgehead atoms. The zero-order chi connectivity index (χ0) is 9.97. The topological polar surface area (TPSA) is 30.7 Å². The molecular weight excluding hydrogens is 188 g/mol. The molecular formula is C9H7F2N3. The first-order valence-electron chi connectivity index (χ1n) is 4.03. The third-order valence-electron chi connectivity index (χ3n) is 1.78. The summed E-state index contributed by atoms with van der Waals surface area (Å²) in [5.74, 6) is 0. The smallest absolute Gasteiger partial charge is 0.191 e. The molecule has 0 saturated heterocycles. The van der Waals surface area contributed by atoms with Gasteiger partial charge in [-0.2, -0.15) is 13.5 Å². The zero-order valence-corrected chi connectivity index (χ0v) is 7.14. The van der Waals surface area contributed by atoms with E-state index in [2.05, 4.69) is 10.3 Å². The predicted molar refractivity (Wildman–Crippen MR) is 46.7 cm³/mol. The number of aromatic nitrogens is 3. The summed E-state index contributed by atoms with van der Waals surface area (Å²) >= 11 is 0. The molecule has 0 spiro atoms. The molecule has 0 aliphatic rings. The summed E-state index contributed by atoms with van der Waals surface area (Å²) in [6.45, 7) is -2.64. The van der Waals surface area contributed by atoms with Gasteiger partial charge in [-0.1, -0.05) is 35.5 Å². The lowest BCUT2D eigenvalue weighted by Gasteiger charge is -1.94. The quantitative estimate of drug-likeness (QED) is 0.736. The summed E-state index contributed by atoms with van der Waals surface area (Å²) in [5, 5.41) is 6.95. The third kappa shape index (κ3) is 1.61. The summed E-state index contributed by atoms with van der Waals surface area (Å²) in [5.41, 5.74) is 1.23. The van der Waals surface area contributed by atoms with Crippen molar-refractivity contribution in [2.45, 2.75) is 6.55 Å². The molecule has 0 N–H and O–H groups in total. The molecule has 14 heavy (non-hydrogen) atoms. The predicted octanol–water partition coefficient (Wildman–Crippen LogP) is 2.34. The molecule has 0 amide bonds. The lowest BCUT2D eigenvalue weighted by atomic mass is 10.2. The molecule has 0 aliphatic carbocycles. The molecule has 1 heterocycles. The monoisotopic (exact) mass is 195 g/mol. The minimum Gasteiger partial charge on any atom is -0.191 e. The van der Waals surface area contributed by atoms with Crippen molar-refractivity contribution in [1.29, 1.82) is 0 Å². The van der Waals surface area contributed by atoms with Gasteiger partial charge in [0.25, 0.3) is 0 Å². The van der Waals surface area contributed by atoms with E-state index in [0.717, 1.165) is 5.56 Å². The number of halogens is 2. The molecule has 3 nitrogen and oxygen atoms in total. The van der Waals surface area contributed by atoms with E-state index in [1.165, 1.54) is 6.20 Å². The number of hydrogen-bond acceptors (Lipinski definition) is 2. The molecule has 0 unspecified atom stereocenters. The van der Waals surface area contributed by atoms with E-state index >= 15 is 0 Å². The van der Waals surface area contributed by atoms with Crippen molar-refractivity contribution in [3.05, 3.63) is 36.5 Å². The van der Waals surface area contributed by atoms with Gasteiger partial charge in [-0.25, -0.2) is 0 Å².